The molecule has 2 aromatic heterocycles. The zero-order chi connectivity index (χ0) is 17.8. The van der Waals surface area contributed by atoms with Crippen LogP contribution >= 0.6 is 0 Å². The van der Waals surface area contributed by atoms with Crippen LogP contribution in [-0.4, -0.2) is 31.3 Å². The summed E-state index contributed by atoms with van der Waals surface area (Å²) < 4.78 is 2.30. The molecule has 3 aromatic rings. The SMILES string of the molecule is CCc1nnc2n1C[C@H](CNCc1ccnc(-c3ccccc3)n1)CC2. The molecule has 0 aliphatic carbocycles. The average molecular weight is 348 g/mol. The molecule has 1 aromatic carbocycles. The molecular formula is C20H24N6. The molecule has 6 heteroatoms. The normalized spacial score (nSPS) is 16.4. The molecule has 0 radical (unpaired) electrons. The Bertz CT molecular complexity index is 844. The molecule has 134 valence electrons. The van der Waals surface area contributed by atoms with Crippen LogP contribution in [0.25, 0.3) is 11.4 Å². The first-order valence-electron chi connectivity index (χ1n) is 9.32. The minimum atomic E-state index is 0.610. The third-order valence-corrected chi connectivity index (χ3v) is 4.92. The monoisotopic (exact) mass is 348 g/mol. The van der Waals surface area contributed by atoms with Crippen molar-refractivity contribution < 1.29 is 0 Å². The van der Waals surface area contributed by atoms with Crippen molar-refractivity contribution in [2.24, 2.45) is 5.92 Å². The van der Waals surface area contributed by atoms with Crippen LogP contribution in [0.4, 0.5) is 0 Å². The first-order chi connectivity index (χ1) is 12.8. The molecule has 0 saturated carbocycles. The van der Waals surface area contributed by atoms with E-state index in [1.54, 1.807) is 0 Å². The van der Waals surface area contributed by atoms with Gasteiger partial charge in [0.1, 0.15) is 11.6 Å². The van der Waals surface area contributed by atoms with Crippen molar-refractivity contribution in [3.8, 4) is 11.4 Å². The van der Waals surface area contributed by atoms with Gasteiger partial charge in [-0.3, -0.25) is 0 Å². The van der Waals surface area contributed by atoms with E-state index >= 15 is 0 Å². The van der Waals surface area contributed by atoms with Gasteiger partial charge >= 0.3 is 0 Å². The molecule has 1 aliphatic rings. The predicted molar refractivity (Wildman–Crippen MR) is 100 cm³/mol. The van der Waals surface area contributed by atoms with Gasteiger partial charge in [-0.05, 0) is 18.4 Å². The van der Waals surface area contributed by atoms with E-state index in [4.69, 9.17) is 0 Å². The van der Waals surface area contributed by atoms with E-state index in [0.29, 0.717) is 5.92 Å². The van der Waals surface area contributed by atoms with E-state index in [1.165, 1.54) is 0 Å². The van der Waals surface area contributed by atoms with Crippen LogP contribution in [0.5, 0.6) is 0 Å². The van der Waals surface area contributed by atoms with Crippen molar-refractivity contribution in [1.29, 1.82) is 0 Å². The second-order valence-electron chi connectivity index (χ2n) is 6.77. The molecule has 0 amide bonds. The van der Waals surface area contributed by atoms with Crippen LogP contribution in [0.2, 0.25) is 0 Å². The Morgan fingerprint density at radius 3 is 2.88 bits per heavy atom. The van der Waals surface area contributed by atoms with E-state index in [9.17, 15) is 0 Å². The zero-order valence-electron chi connectivity index (χ0n) is 15.1. The Balaban J connectivity index is 1.34. The topological polar surface area (TPSA) is 68.5 Å². The highest BCUT2D eigenvalue weighted by Gasteiger charge is 2.21. The smallest absolute Gasteiger partial charge is 0.159 e. The van der Waals surface area contributed by atoms with Crippen molar-refractivity contribution in [2.75, 3.05) is 6.54 Å². The lowest BCUT2D eigenvalue weighted by molar-refractivity contribution is 0.342. The molecule has 0 unspecified atom stereocenters. The van der Waals surface area contributed by atoms with Gasteiger partial charge in [0.05, 0.1) is 5.69 Å². The highest BCUT2D eigenvalue weighted by atomic mass is 15.3. The van der Waals surface area contributed by atoms with Gasteiger partial charge in [0.2, 0.25) is 0 Å². The maximum absolute atomic E-state index is 4.68. The lowest BCUT2D eigenvalue weighted by Gasteiger charge is -2.24. The van der Waals surface area contributed by atoms with Crippen molar-refractivity contribution in [3.05, 3.63) is 59.9 Å². The molecule has 0 bridgehead atoms. The van der Waals surface area contributed by atoms with Crippen LogP contribution in [0.3, 0.4) is 0 Å². The standard InChI is InChI=1S/C20H24N6/c1-2-18-24-25-19-9-8-15(14-26(18)19)12-21-13-17-10-11-22-20(23-17)16-6-4-3-5-7-16/h3-7,10-11,15,21H,2,8-9,12-14H2,1H3/t15-/m0/s1. The molecule has 1 aliphatic heterocycles. The fourth-order valence-corrected chi connectivity index (χ4v) is 3.50. The summed E-state index contributed by atoms with van der Waals surface area (Å²) >= 11 is 0. The first-order valence-corrected chi connectivity index (χ1v) is 9.32. The van der Waals surface area contributed by atoms with Crippen molar-refractivity contribution in [2.45, 2.75) is 39.3 Å². The Hall–Kier alpha value is -2.60. The summed E-state index contributed by atoms with van der Waals surface area (Å²) in [5.74, 6) is 3.64. The predicted octanol–water partition coefficient (Wildman–Crippen LogP) is 2.65. The van der Waals surface area contributed by atoms with Crippen LogP contribution in [0.15, 0.2) is 42.6 Å². The number of nitrogens with zero attached hydrogens (tertiary/aromatic N) is 5. The number of hydrogen-bond acceptors (Lipinski definition) is 5. The van der Waals surface area contributed by atoms with Crippen LogP contribution in [0.1, 0.15) is 30.7 Å². The summed E-state index contributed by atoms with van der Waals surface area (Å²) in [6.07, 6.45) is 4.96. The minimum Gasteiger partial charge on any atom is -0.315 e. The van der Waals surface area contributed by atoms with Gasteiger partial charge in [0.15, 0.2) is 5.82 Å². The number of hydrogen-bond donors (Lipinski definition) is 1. The summed E-state index contributed by atoms with van der Waals surface area (Å²) in [6.45, 7) is 4.89. The number of aromatic nitrogens is 5. The summed E-state index contributed by atoms with van der Waals surface area (Å²) in [4.78, 5) is 9.07. The highest BCUT2D eigenvalue weighted by molar-refractivity contribution is 5.54. The summed E-state index contributed by atoms with van der Waals surface area (Å²) in [5, 5.41) is 12.2. The van der Waals surface area contributed by atoms with E-state index < -0.39 is 0 Å². The first kappa shape index (κ1) is 16.8. The van der Waals surface area contributed by atoms with Gasteiger partial charge in [-0.15, -0.1) is 10.2 Å². The molecule has 1 atom stereocenters. The maximum atomic E-state index is 4.68. The number of aryl methyl sites for hydroxylation is 2. The third kappa shape index (κ3) is 3.65. The van der Waals surface area contributed by atoms with Crippen LogP contribution in [0, 0.1) is 5.92 Å². The molecule has 4 rings (SSSR count). The number of nitrogens with one attached hydrogen (secondary N) is 1. The van der Waals surface area contributed by atoms with E-state index in [0.717, 1.165) is 67.6 Å². The number of benzene rings is 1. The van der Waals surface area contributed by atoms with Gasteiger partial charge in [-0.25, -0.2) is 9.97 Å². The quantitative estimate of drug-likeness (QED) is 0.742. The Kier molecular flexibility index (Phi) is 5.02. The Morgan fingerprint density at radius 2 is 2.04 bits per heavy atom. The zero-order valence-corrected chi connectivity index (χ0v) is 15.1. The lowest BCUT2D eigenvalue weighted by atomic mass is 9.99. The summed E-state index contributed by atoms with van der Waals surface area (Å²) in [7, 11) is 0. The fourth-order valence-electron chi connectivity index (χ4n) is 3.50. The lowest BCUT2D eigenvalue weighted by Crippen LogP contribution is -2.30. The van der Waals surface area contributed by atoms with E-state index in [-0.39, 0.29) is 0 Å². The number of fused-ring (bicyclic) bond motifs is 1. The minimum absolute atomic E-state index is 0.610. The van der Waals surface area contributed by atoms with Gasteiger partial charge in [0, 0.05) is 44.2 Å². The molecule has 0 spiro atoms. The molecule has 6 nitrogen and oxygen atoms in total. The van der Waals surface area contributed by atoms with Gasteiger partial charge in [-0.1, -0.05) is 37.3 Å². The van der Waals surface area contributed by atoms with Gasteiger partial charge in [0.25, 0.3) is 0 Å². The van der Waals surface area contributed by atoms with E-state index in [1.807, 2.05) is 42.6 Å². The maximum Gasteiger partial charge on any atom is 0.159 e. The van der Waals surface area contributed by atoms with Crippen LogP contribution in [-0.2, 0) is 25.9 Å². The van der Waals surface area contributed by atoms with Gasteiger partial charge < -0.3 is 9.88 Å². The second-order valence-corrected chi connectivity index (χ2v) is 6.77. The van der Waals surface area contributed by atoms with Crippen molar-refractivity contribution in [1.82, 2.24) is 30.0 Å². The fraction of sp³-hybridized carbons (Fsp3) is 0.400. The third-order valence-electron chi connectivity index (χ3n) is 4.92. The average Bonchev–Trinajstić information content (AvgIpc) is 3.11. The summed E-state index contributed by atoms with van der Waals surface area (Å²) in [6, 6.07) is 12.1. The molecule has 3 heterocycles. The van der Waals surface area contributed by atoms with Crippen LogP contribution < -0.4 is 5.32 Å². The Morgan fingerprint density at radius 1 is 1.15 bits per heavy atom. The molecule has 0 fully saturated rings. The van der Waals surface area contributed by atoms with Crippen molar-refractivity contribution >= 4 is 0 Å². The number of rotatable bonds is 6. The Labute approximate surface area is 153 Å². The molecule has 26 heavy (non-hydrogen) atoms. The highest BCUT2D eigenvalue weighted by Crippen LogP contribution is 2.20. The largest absolute Gasteiger partial charge is 0.315 e. The molecule has 0 saturated heterocycles. The van der Waals surface area contributed by atoms with Gasteiger partial charge in [-0.2, -0.15) is 0 Å². The second kappa shape index (κ2) is 7.74. The summed E-state index contributed by atoms with van der Waals surface area (Å²) in [5.41, 5.74) is 2.07. The molecular weight excluding hydrogens is 324 g/mol. The van der Waals surface area contributed by atoms with Crippen molar-refractivity contribution in [3.63, 3.8) is 0 Å². The van der Waals surface area contributed by atoms with E-state index in [2.05, 4.69) is 37.0 Å². The molecule has 1 N–H and O–H groups in total.